The average Bonchev–Trinajstić information content (AvgIpc) is 3.65. The summed E-state index contributed by atoms with van der Waals surface area (Å²) < 4.78 is 159. The summed E-state index contributed by atoms with van der Waals surface area (Å²) in [5, 5.41) is -0.738. The molecule has 8 aromatic carbocycles. The highest BCUT2D eigenvalue weighted by Crippen LogP contribution is 2.45. The molecule has 1 heteroatoms. The van der Waals surface area contributed by atoms with Crippen molar-refractivity contribution in [1.29, 1.82) is 0 Å². The van der Waals surface area contributed by atoms with Crippen molar-refractivity contribution in [2.45, 2.75) is 0 Å². The number of hydrogen-bond acceptors (Lipinski definition) is 1. The molecule has 0 aliphatic heterocycles. The third-order valence-corrected chi connectivity index (χ3v) is 7.88. The van der Waals surface area contributed by atoms with Crippen LogP contribution in [0.25, 0.3) is 88.0 Å². The maximum absolute atomic E-state index is 9.83. The van der Waals surface area contributed by atoms with Crippen molar-refractivity contribution in [1.82, 2.24) is 0 Å². The number of fused-ring (bicyclic) bond motifs is 5. The molecule has 0 saturated heterocycles. The summed E-state index contributed by atoms with van der Waals surface area (Å²) in [6.45, 7) is 0. The molecule has 0 atom stereocenters. The first-order chi connectivity index (χ1) is 29.4. The minimum atomic E-state index is -0.824. The molecule has 0 saturated carbocycles. The zero-order valence-electron chi connectivity index (χ0n) is 40.3. The Morgan fingerprint density at radius 3 is 1.73 bits per heavy atom. The highest BCUT2D eigenvalue weighted by Gasteiger charge is 2.18. The van der Waals surface area contributed by atoms with Crippen molar-refractivity contribution in [3.05, 3.63) is 169 Å². The second-order valence-electron chi connectivity index (χ2n) is 10.4. The Balaban J connectivity index is 1.49. The van der Waals surface area contributed by atoms with E-state index < -0.39 is 147 Å². The van der Waals surface area contributed by atoms with E-state index in [1.54, 1.807) is 18.2 Å². The van der Waals surface area contributed by atoms with Gasteiger partial charge in [-0.15, -0.1) is 0 Å². The largest absolute Gasteiger partial charge is 0.455 e. The van der Waals surface area contributed by atoms with Crippen molar-refractivity contribution in [2.24, 2.45) is 0 Å². The van der Waals surface area contributed by atoms with E-state index in [0.717, 1.165) is 11.1 Å². The topological polar surface area (TPSA) is 13.1 Å². The summed E-state index contributed by atoms with van der Waals surface area (Å²) in [6, 6.07) is 7.05. The first-order valence-corrected chi connectivity index (χ1v) is 14.1. The molecule has 0 N–H and O–H groups in total. The number of rotatable bonds is 4. The third kappa shape index (κ3) is 4.17. The lowest BCUT2D eigenvalue weighted by atomic mass is 9.85. The number of para-hydroxylation sites is 1. The molecule has 45 heavy (non-hydrogen) atoms. The number of hydrogen-bond donors (Lipinski definition) is 0. The molecule has 0 aliphatic rings. The zero-order valence-corrected chi connectivity index (χ0v) is 23.3. The second kappa shape index (κ2) is 10.4. The SMILES string of the molecule is [2H]c1c([2H])c([2H])c(-c2c3c([2H])c([2H])c([2H])c([2H])c3c(-c3c([2H])c([2H])c([2H])c(-c4cccc5c4oc4cc(-c6ccccc6)ccc45)c3[2H])c3c([2H])c([2H])c([2H])c([2H])c23)c([2H])c1[2H]. The summed E-state index contributed by atoms with van der Waals surface area (Å²) in [5.41, 5.74) is 0.324. The highest BCUT2D eigenvalue weighted by molar-refractivity contribution is 6.21. The average molecular weight is 590 g/mol. The summed E-state index contributed by atoms with van der Waals surface area (Å²) in [4.78, 5) is 0. The predicted octanol–water partition coefficient (Wildman–Crippen LogP) is 12.6. The number of furan rings is 1. The summed E-state index contributed by atoms with van der Waals surface area (Å²) in [6.07, 6.45) is 0. The van der Waals surface area contributed by atoms with Crippen molar-refractivity contribution >= 4 is 43.5 Å². The van der Waals surface area contributed by atoms with E-state index in [-0.39, 0.29) is 16.7 Å². The molecule has 9 aromatic rings. The molecule has 210 valence electrons. The summed E-state index contributed by atoms with van der Waals surface area (Å²) in [7, 11) is 0. The van der Waals surface area contributed by atoms with Gasteiger partial charge in [0.15, 0.2) is 0 Å². The van der Waals surface area contributed by atoms with E-state index in [2.05, 4.69) is 0 Å². The molecule has 1 aromatic heterocycles. The Labute approximate surface area is 285 Å². The van der Waals surface area contributed by atoms with E-state index in [1.165, 1.54) is 0 Å². The normalized spacial score (nSPS) is 16.8. The first kappa shape index (κ1) is 13.8. The van der Waals surface area contributed by atoms with Gasteiger partial charge >= 0.3 is 0 Å². The molecule has 0 fully saturated rings. The summed E-state index contributed by atoms with van der Waals surface area (Å²) in [5.74, 6) is 0. The maximum atomic E-state index is 9.83. The van der Waals surface area contributed by atoms with E-state index in [9.17, 15) is 9.60 Å². The minimum absolute atomic E-state index is 0.165. The van der Waals surface area contributed by atoms with Gasteiger partial charge in [0.2, 0.25) is 0 Å². The van der Waals surface area contributed by atoms with Crippen LogP contribution < -0.4 is 0 Å². The van der Waals surface area contributed by atoms with Crippen molar-refractivity contribution in [3.63, 3.8) is 0 Å². The van der Waals surface area contributed by atoms with Crippen LogP contribution in [-0.2, 0) is 0 Å². The Bertz CT molecular complexity index is 3380. The fourth-order valence-electron chi connectivity index (χ4n) is 5.91. The fourth-order valence-corrected chi connectivity index (χ4v) is 5.91. The van der Waals surface area contributed by atoms with Crippen LogP contribution in [0.5, 0.6) is 0 Å². The van der Waals surface area contributed by atoms with Gasteiger partial charge in [0.1, 0.15) is 11.2 Å². The van der Waals surface area contributed by atoms with Gasteiger partial charge in [-0.1, -0.05) is 151 Å². The van der Waals surface area contributed by atoms with Gasteiger partial charge in [0.05, 0.1) is 23.3 Å². The van der Waals surface area contributed by atoms with Crippen LogP contribution in [0.15, 0.2) is 174 Å². The maximum Gasteiger partial charge on any atom is 0.143 e. The minimum Gasteiger partial charge on any atom is -0.455 e. The van der Waals surface area contributed by atoms with Gasteiger partial charge in [-0.2, -0.15) is 0 Å². The molecule has 0 spiro atoms. The van der Waals surface area contributed by atoms with Crippen LogP contribution >= 0.6 is 0 Å². The molecular weight excluding hydrogens is 544 g/mol. The second-order valence-corrected chi connectivity index (χ2v) is 10.4. The molecule has 0 unspecified atom stereocenters. The number of benzene rings is 8. The molecule has 0 radical (unpaired) electrons. The Morgan fingerprint density at radius 2 is 1.02 bits per heavy atom. The van der Waals surface area contributed by atoms with E-state index >= 15 is 0 Å². The van der Waals surface area contributed by atoms with E-state index in [1.807, 2.05) is 48.5 Å². The van der Waals surface area contributed by atoms with Crippen LogP contribution in [0.4, 0.5) is 0 Å². The van der Waals surface area contributed by atoms with E-state index in [0.29, 0.717) is 16.4 Å². The van der Waals surface area contributed by atoms with Crippen LogP contribution in [0.1, 0.15) is 23.3 Å². The molecule has 0 amide bonds. The van der Waals surface area contributed by atoms with Crippen LogP contribution in [0.2, 0.25) is 0 Å². The van der Waals surface area contributed by atoms with Gasteiger partial charge in [0, 0.05) is 16.3 Å². The lowest BCUT2D eigenvalue weighted by Crippen LogP contribution is -1.91. The quantitative estimate of drug-likeness (QED) is 0.186. The third-order valence-electron chi connectivity index (χ3n) is 7.88. The molecule has 0 bridgehead atoms. The smallest absolute Gasteiger partial charge is 0.143 e. The summed E-state index contributed by atoms with van der Waals surface area (Å²) >= 11 is 0. The highest BCUT2D eigenvalue weighted by atomic mass is 16.3. The van der Waals surface area contributed by atoms with Crippen molar-refractivity contribution in [2.75, 3.05) is 0 Å². The molecule has 0 aliphatic carbocycles. The Hall–Kier alpha value is -5.92. The van der Waals surface area contributed by atoms with Crippen molar-refractivity contribution in [3.8, 4) is 44.5 Å². The molecular formula is C44H28O. The zero-order chi connectivity index (χ0) is 44.5. The van der Waals surface area contributed by atoms with Crippen molar-refractivity contribution < 1.29 is 27.7 Å². The van der Waals surface area contributed by atoms with Crippen LogP contribution in [0.3, 0.4) is 0 Å². The lowest BCUT2D eigenvalue weighted by molar-refractivity contribution is 0.670. The fraction of sp³-hybridized carbons (Fsp3) is 0. The Kier molecular flexibility index (Phi) is 3.18. The van der Waals surface area contributed by atoms with Gasteiger partial charge in [0.25, 0.3) is 0 Å². The standard InChI is InChI=1S/C44H28O/c1-3-13-29(14-4-1)31-25-26-35-40-24-12-23-34(44(40)45-41(35)28-31)32-17-11-18-33(27-32)43-38-21-9-7-19-36(38)42(30-15-5-2-6-16-30)37-20-8-10-22-39(37)43/h1-28H/i2D,5D,6D,7D,8D,9D,10D,11D,15D,16D,17D,18D,19D,20D,21D,22D,27D. The molecule has 9 rings (SSSR count). The molecule has 1 nitrogen and oxygen atoms in total. The van der Waals surface area contributed by atoms with Crippen LogP contribution in [-0.4, -0.2) is 0 Å². The van der Waals surface area contributed by atoms with E-state index in [4.69, 9.17) is 18.1 Å². The Morgan fingerprint density at radius 1 is 0.400 bits per heavy atom. The van der Waals surface area contributed by atoms with Gasteiger partial charge in [-0.05, 0) is 78.7 Å². The first-order valence-electron chi connectivity index (χ1n) is 22.6. The van der Waals surface area contributed by atoms with Gasteiger partial charge in [-0.25, -0.2) is 0 Å². The molecule has 1 heterocycles. The predicted molar refractivity (Wildman–Crippen MR) is 190 cm³/mol. The van der Waals surface area contributed by atoms with Gasteiger partial charge in [-0.3, -0.25) is 0 Å². The lowest BCUT2D eigenvalue weighted by Gasteiger charge is -2.18. The monoisotopic (exact) mass is 589 g/mol. The van der Waals surface area contributed by atoms with Gasteiger partial charge < -0.3 is 4.42 Å². The van der Waals surface area contributed by atoms with Crippen LogP contribution in [0, 0.1) is 0 Å².